The molecule has 0 aromatic carbocycles. The first kappa shape index (κ1) is 13.1. The van der Waals surface area contributed by atoms with E-state index in [0.717, 1.165) is 22.9 Å². The molecular weight excluding hydrogens is 274 g/mol. The van der Waals surface area contributed by atoms with Crippen molar-refractivity contribution < 1.29 is 4.79 Å². The number of hydrogen-bond acceptors (Lipinski definition) is 5. The zero-order chi connectivity index (χ0) is 14.3. The van der Waals surface area contributed by atoms with Crippen LogP contribution in [0.4, 0.5) is 5.69 Å². The summed E-state index contributed by atoms with van der Waals surface area (Å²) in [5.41, 5.74) is 6.63. The van der Waals surface area contributed by atoms with Gasteiger partial charge in [0.1, 0.15) is 10.7 Å². The maximum absolute atomic E-state index is 12.3. The number of aromatic nitrogens is 2. The van der Waals surface area contributed by atoms with Gasteiger partial charge in [-0.05, 0) is 49.1 Å². The van der Waals surface area contributed by atoms with Crippen LogP contribution in [-0.4, -0.2) is 15.6 Å². The van der Waals surface area contributed by atoms with Gasteiger partial charge < -0.3 is 5.73 Å². The molecule has 2 aromatic heterocycles. The number of thiophene rings is 1. The topological polar surface area (TPSA) is 78.0 Å². The molecule has 1 aliphatic rings. The molecule has 0 aliphatic heterocycles. The van der Waals surface area contributed by atoms with Crippen molar-refractivity contribution >= 4 is 22.8 Å². The minimum absolute atomic E-state index is 0.0294. The van der Waals surface area contributed by atoms with E-state index in [1.165, 1.54) is 42.0 Å². The molecule has 6 heteroatoms. The van der Waals surface area contributed by atoms with E-state index in [-0.39, 0.29) is 17.0 Å². The normalized spacial score (nSPS) is 14.4. The number of nitrogen functional groups attached to an aromatic ring is 1. The van der Waals surface area contributed by atoms with Gasteiger partial charge in [-0.2, -0.15) is 9.78 Å². The second kappa shape index (κ2) is 4.86. The van der Waals surface area contributed by atoms with Crippen LogP contribution in [0.1, 0.15) is 35.7 Å². The maximum Gasteiger partial charge on any atom is 0.296 e. The molecule has 0 unspecified atom stereocenters. The van der Waals surface area contributed by atoms with Crippen LogP contribution in [0.25, 0.3) is 5.00 Å². The SMILES string of the molecule is CC(=O)c1cnn(-c2sccc2CC2CC2)c(=O)c1N. The lowest BCUT2D eigenvalue weighted by Gasteiger charge is -2.08. The van der Waals surface area contributed by atoms with Crippen molar-refractivity contribution in [2.24, 2.45) is 5.92 Å². The lowest BCUT2D eigenvalue weighted by atomic mass is 10.1. The molecule has 104 valence electrons. The molecule has 1 aliphatic carbocycles. The van der Waals surface area contributed by atoms with Crippen molar-refractivity contribution in [2.45, 2.75) is 26.2 Å². The molecule has 2 N–H and O–H groups in total. The third-order valence-corrected chi connectivity index (χ3v) is 4.45. The Bertz CT molecular complexity index is 728. The first-order chi connectivity index (χ1) is 9.58. The number of ketones is 1. The number of carbonyl (C=O) groups is 1. The average molecular weight is 289 g/mol. The van der Waals surface area contributed by atoms with Gasteiger partial charge >= 0.3 is 0 Å². The minimum Gasteiger partial charge on any atom is -0.394 e. The van der Waals surface area contributed by atoms with Gasteiger partial charge in [-0.15, -0.1) is 11.3 Å². The molecule has 2 aromatic rings. The van der Waals surface area contributed by atoms with Crippen LogP contribution in [0.5, 0.6) is 0 Å². The fourth-order valence-corrected chi connectivity index (χ4v) is 3.09. The molecule has 0 radical (unpaired) electrons. The van der Waals surface area contributed by atoms with Crippen LogP contribution in [0, 0.1) is 5.92 Å². The van der Waals surface area contributed by atoms with Crippen molar-refractivity contribution in [1.82, 2.24) is 9.78 Å². The number of hydrogen-bond donors (Lipinski definition) is 1. The third kappa shape index (κ3) is 2.27. The van der Waals surface area contributed by atoms with Crippen LogP contribution in [-0.2, 0) is 6.42 Å². The van der Waals surface area contributed by atoms with Crippen molar-refractivity contribution in [1.29, 1.82) is 0 Å². The van der Waals surface area contributed by atoms with E-state index in [1.807, 2.05) is 11.4 Å². The summed E-state index contributed by atoms with van der Waals surface area (Å²) >= 11 is 1.47. The van der Waals surface area contributed by atoms with Crippen molar-refractivity contribution in [3.8, 4) is 5.00 Å². The summed E-state index contributed by atoms with van der Waals surface area (Å²) in [5, 5.41) is 6.87. The summed E-state index contributed by atoms with van der Waals surface area (Å²) in [7, 11) is 0. The Kier molecular flexibility index (Phi) is 3.17. The fourth-order valence-electron chi connectivity index (χ4n) is 2.19. The van der Waals surface area contributed by atoms with E-state index in [4.69, 9.17) is 5.73 Å². The van der Waals surface area contributed by atoms with Gasteiger partial charge in [0.15, 0.2) is 5.78 Å². The molecule has 1 fully saturated rings. The van der Waals surface area contributed by atoms with E-state index in [0.29, 0.717) is 0 Å². The summed E-state index contributed by atoms with van der Waals surface area (Å²) in [4.78, 5) is 23.6. The first-order valence-corrected chi connectivity index (χ1v) is 7.41. The van der Waals surface area contributed by atoms with E-state index in [2.05, 4.69) is 5.10 Å². The molecule has 2 heterocycles. The van der Waals surface area contributed by atoms with Crippen LogP contribution >= 0.6 is 11.3 Å². The molecule has 0 spiro atoms. The molecule has 0 amide bonds. The van der Waals surface area contributed by atoms with E-state index in [1.54, 1.807) is 0 Å². The van der Waals surface area contributed by atoms with Gasteiger partial charge in [-0.1, -0.05) is 0 Å². The lowest BCUT2D eigenvalue weighted by Crippen LogP contribution is -2.26. The number of anilines is 1. The van der Waals surface area contributed by atoms with Crippen LogP contribution < -0.4 is 11.3 Å². The molecule has 1 saturated carbocycles. The van der Waals surface area contributed by atoms with E-state index in [9.17, 15) is 9.59 Å². The second-order valence-corrected chi connectivity index (χ2v) is 6.04. The van der Waals surface area contributed by atoms with Crippen molar-refractivity contribution in [3.63, 3.8) is 0 Å². The Hall–Kier alpha value is -1.95. The number of carbonyl (C=O) groups excluding carboxylic acids is 1. The third-order valence-electron chi connectivity index (χ3n) is 3.52. The minimum atomic E-state index is -0.419. The molecule has 0 bridgehead atoms. The Morgan fingerprint density at radius 3 is 2.95 bits per heavy atom. The number of nitrogens with two attached hydrogens (primary N) is 1. The molecule has 3 rings (SSSR count). The molecule has 5 nitrogen and oxygen atoms in total. The van der Waals surface area contributed by atoms with Crippen LogP contribution in [0.15, 0.2) is 22.4 Å². The predicted molar refractivity (Wildman–Crippen MR) is 78.6 cm³/mol. The zero-order valence-corrected chi connectivity index (χ0v) is 11.9. The highest BCUT2D eigenvalue weighted by Gasteiger charge is 2.24. The van der Waals surface area contributed by atoms with Crippen LogP contribution in [0.3, 0.4) is 0 Å². The van der Waals surface area contributed by atoms with Gasteiger partial charge in [-0.3, -0.25) is 9.59 Å². The fraction of sp³-hybridized carbons (Fsp3) is 0.357. The monoisotopic (exact) mass is 289 g/mol. The largest absolute Gasteiger partial charge is 0.394 e. The zero-order valence-electron chi connectivity index (χ0n) is 11.1. The summed E-state index contributed by atoms with van der Waals surface area (Å²) in [6.07, 6.45) is 4.85. The van der Waals surface area contributed by atoms with E-state index >= 15 is 0 Å². The Morgan fingerprint density at radius 2 is 2.30 bits per heavy atom. The smallest absolute Gasteiger partial charge is 0.296 e. The summed E-state index contributed by atoms with van der Waals surface area (Å²) in [6.45, 7) is 1.38. The van der Waals surface area contributed by atoms with E-state index < -0.39 is 5.56 Å². The summed E-state index contributed by atoms with van der Waals surface area (Å²) in [5.74, 6) is 0.483. The Balaban J connectivity index is 2.06. The average Bonchev–Trinajstić information content (AvgIpc) is 3.10. The summed E-state index contributed by atoms with van der Waals surface area (Å²) in [6, 6.07) is 2.03. The molecule has 0 atom stereocenters. The summed E-state index contributed by atoms with van der Waals surface area (Å²) < 4.78 is 1.31. The second-order valence-electron chi connectivity index (χ2n) is 5.14. The van der Waals surface area contributed by atoms with Gasteiger partial charge in [-0.25, -0.2) is 0 Å². The Morgan fingerprint density at radius 1 is 1.55 bits per heavy atom. The highest BCUT2D eigenvalue weighted by molar-refractivity contribution is 7.12. The molecular formula is C14H15N3O2S. The highest BCUT2D eigenvalue weighted by atomic mass is 32.1. The van der Waals surface area contributed by atoms with Gasteiger partial charge in [0.05, 0.1) is 11.8 Å². The van der Waals surface area contributed by atoms with Crippen molar-refractivity contribution in [2.75, 3.05) is 5.73 Å². The first-order valence-electron chi connectivity index (χ1n) is 6.53. The predicted octanol–water partition coefficient (Wildman–Crippen LogP) is 2.03. The molecule has 0 saturated heterocycles. The molecule has 20 heavy (non-hydrogen) atoms. The quantitative estimate of drug-likeness (QED) is 0.874. The number of nitrogens with zero attached hydrogens (tertiary/aromatic N) is 2. The standard InChI is InChI=1S/C14H15N3O2S/c1-8(18)11-7-16-17(13(19)12(11)15)14-10(4-5-20-14)6-9-2-3-9/h4-5,7,9H,2-3,6,15H2,1H3. The van der Waals surface area contributed by atoms with Gasteiger partial charge in [0.2, 0.25) is 0 Å². The van der Waals surface area contributed by atoms with Crippen LogP contribution in [0.2, 0.25) is 0 Å². The van der Waals surface area contributed by atoms with Gasteiger partial charge in [0.25, 0.3) is 5.56 Å². The number of Topliss-reactive ketones (excluding diaryl/α,β-unsaturated/α-hetero) is 1. The van der Waals surface area contributed by atoms with Gasteiger partial charge in [0, 0.05) is 0 Å². The van der Waals surface area contributed by atoms with Crippen molar-refractivity contribution in [3.05, 3.63) is 39.1 Å². The Labute approximate surface area is 120 Å². The highest BCUT2D eigenvalue weighted by Crippen LogP contribution is 2.35. The number of rotatable bonds is 4. The maximum atomic E-state index is 12.3. The lowest BCUT2D eigenvalue weighted by molar-refractivity contribution is 0.101.